The predicted octanol–water partition coefficient (Wildman–Crippen LogP) is 3.22. The van der Waals surface area contributed by atoms with Crippen LogP contribution in [0.5, 0.6) is 0 Å². The first-order chi connectivity index (χ1) is 12.8. The lowest BCUT2D eigenvalue weighted by Crippen LogP contribution is -2.27. The second kappa shape index (κ2) is 6.12. The fraction of sp³-hybridized carbons (Fsp3) is 0.350. The number of hydrogen-bond donors (Lipinski definition) is 0. The van der Waals surface area contributed by atoms with Crippen LogP contribution in [-0.2, 0) is 11.3 Å². The fourth-order valence-electron chi connectivity index (χ4n) is 3.73. The molecule has 0 spiro atoms. The number of carbonyl (C=O) groups is 1. The monoisotopic (exact) mass is 348 g/mol. The van der Waals surface area contributed by atoms with Gasteiger partial charge in [-0.3, -0.25) is 4.79 Å². The fourth-order valence-corrected chi connectivity index (χ4v) is 3.73. The van der Waals surface area contributed by atoms with Crippen molar-refractivity contribution in [2.24, 2.45) is 5.92 Å². The molecule has 3 aromatic rings. The lowest BCUT2D eigenvalue weighted by Gasteiger charge is -2.16. The number of imidazole rings is 1. The van der Waals surface area contributed by atoms with Gasteiger partial charge >= 0.3 is 0 Å². The maximum absolute atomic E-state index is 12.2. The molecule has 2 fully saturated rings. The summed E-state index contributed by atoms with van der Waals surface area (Å²) in [5.41, 5.74) is 1.66. The number of likely N-dealkylation sites (tertiary alicyclic amines) is 1. The van der Waals surface area contributed by atoms with Gasteiger partial charge in [-0.2, -0.15) is 0 Å². The molecule has 0 radical (unpaired) electrons. The molecule has 1 atom stereocenters. The molecule has 1 saturated carbocycles. The van der Waals surface area contributed by atoms with Crippen LogP contribution in [0.1, 0.15) is 19.3 Å². The Labute approximate surface area is 151 Å². The van der Waals surface area contributed by atoms with E-state index in [0.29, 0.717) is 30.2 Å². The largest absolute Gasteiger partial charge is 0.444 e. The molecule has 0 bridgehead atoms. The standard InChI is InChI=1S/C20H20N4O2/c25-18-10-14(12-24(18)16-6-7-16)11-23-9-8-21-19(23)17-13-26-20(22-17)15-4-2-1-3-5-15/h1-5,8-9,13-14,16H,6-7,10-12H2. The molecule has 1 aliphatic carbocycles. The van der Waals surface area contributed by atoms with E-state index in [1.54, 1.807) is 12.5 Å². The molecule has 26 heavy (non-hydrogen) atoms. The highest BCUT2D eigenvalue weighted by Gasteiger charge is 2.39. The van der Waals surface area contributed by atoms with Crippen LogP contribution in [0.3, 0.4) is 0 Å². The number of carbonyl (C=O) groups excluding carboxylic acids is 1. The molecule has 2 aliphatic rings. The summed E-state index contributed by atoms with van der Waals surface area (Å²) >= 11 is 0. The van der Waals surface area contributed by atoms with Crippen LogP contribution in [0, 0.1) is 5.92 Å². The van der Waals surface area contributed by atoms with E-state index in [1.807, 2.05) is 36.5 Å². The van der Waals surface area contributed by atoms with Crippen molar-refractivity contribution in [2.45, 2.75) is 31.8 Å². The van der Waals surface area contributed by atoms with Gasteiger partial charge in [0.2, 0.25) is 11.8 Å². The first-order valence-electron chi connectivity index (χ1n) is 9.10. The van der Waals surface area contributed by atoms with Gasteiger partial charge in [0.15, 0.2) is 5.82 Å². The zero-order valence-electron chi connectivity index (χ0n) is 14.4. The molecule has 5 rings (SSSR count). The number of oxazole rings is 1. The van der Waals surface area contributed by atoms with Gasteiger partial charge in [0.05, 0.1) is 0 Å². The summed E-state index contributed by atoms with van der Waals surface area (Å²) < 4.78 is 7.73. The Kier molecular flexibility index (Phi) is 3.62. The quantitative estimate of drug-likeness (QED) is 0.710. The van der Waals surface area contributed by atoms with Crippen LogP contribution < -0.4 is 0 Å². The van der Waals surface area contributed by atoms with Crippen molar-refractivity contribution in [3.05, 3.63) is 49.0 Å². The minimum atomic E-state index is 0.298. The minimum absolute atomic E-state index is 0.298. The summed E-state index contributed by atoms with van der Waals surface area (Å²) in [5.74, 6) is 2.00. The molecule has 1 saturated heterocycles. The summed E-state index contributed by atoms with van der Waals surface area (Å²) in [6, 6.07) is 10.3. The van der Waals surface area contributed by atoms with Crippen LogP contribution >= 0.6 is 0 Å². The van der Waals surface area contributed by atoms with Crippen LogP contribution in [0.4, 0.5) is 0 Å². The number of benzene rings is 1. The maximum atomic E-state index is 12.2. The average molecular weight is 348 g/mol. The van der Waals surface area contributed by atoms with Crippen LogP contribution in [0.2, 0.25) is 0 Å². The van der Waals surface area contributed by atoms with Crippen molar-refractivity contribution < 1.29 is 9.21 Å². The topological polar surface area (TPSA) is 64.2 Å². The third-order valence-corrected chi connectivity index (χ3v) is 5.15. The Morgan fingerprint density at radius 3 is 2.85 bits per heavy atom. The molecule has 1 aliphatic heterocycles. The van der Waals surface area contributed by atoms with E-state index in [0.717, 1.165) is 43.0 Å². The molecule has 3 heterocycles. The third kappa shape index (κ3) is 2.81. The van der Waals surface area contributed by atoms with E-state index in [9.17, 15) is 4.79 Å². The lowest BCUT2D eigenvalue weighted by atomic mass is 10.1. The van der Waals surface area contributed by atoms with Gasteiger partial charge in [-0.1, -0.05) is 18.2 Å². The Balaban J connectivity index is 1.35. The number of rotatable bonds is 5. The summed E-state index contributed by atoms with van der Waals surface area (Å²) in [7, 11) is 0. The van der Waals surface area contributed by atoms with Gasteiger partial charge in [-0.15, -0.1) is 0 Å². The smallest absolute Gasteiger partial charge is 0.226 e. The minimum Gasteiger partial charge on any atom is -0.444 e. The van der Waals surface area contributed by atoms with Gasteiger partial charge < -0.3 is 13.9 Å². The highest BCUT2D eigenvalue weighted by molar-refractivity contribution is 5.79. The van der Waals surface area contributed by atoms with E-state index >= 15 is 0 Å². The van der Waals surface area contributed by atoms with Crippen molar-refractivity contribution in [2.75, 3.05) is 6.54 Å². The number of nitrogens with zero attached hydrogens (tertiary/aromatic N) is 4. The molecule has 2 aromatic heterocycles. The van der Waals surface area contributed by atoms with Gasteiger partial charge in [-0.05, 0) is 25.0 Å². The van der Waals surface area contributed by atoms with Crippen LogP contribution in [0.25, 0.3) is 23.0 Å². The highest BCUT2D eigenvalue weighted by Crippen LogP contribution is 2.33. The maximum Gasteiger partial charge on any atom is 0.226 e. The second-order valence-corrected chi connectivity index (χ2v) is 7.15. The van der Waals surface area contributed by atoms with Crippen molar-refractivity contribution >= 4 is 5.91 Å². The van der Waals surface area contributed by atoms with E-state index < -0.39 is 0 Å². The van der Waals surface area contributed by atoms with Crippen molar-refractivity contribution in [1.29, 1.82) is 0 Å². The van der Waals surface area contributed by atoms with E-state index in [-0.39, 0.29) is 0 Å². The molecule has 1 amide bonds. The van der Waals surface area contributed by atoms with E-state index in [4.69, 9.17) is 4.42 Å². The van der Waals surface area contributed by atoms with Gasteiger partial charge in [0, 0.05) is 49.4 Å². The summed E-state index contributed by atoms with van der Waals surface area (Å²) in [5, 5.41) is 0. The molecular formula is C20H20N4O2. The first-order valence-corrected chi connectivity index (χ1v) is 9.10. The molecular weight excluding hydrogens is 328 g/mol. The predicted molar refractivity (Wildman–Crippen MR) is 96.0 cm³/mol. The molecule has 1 aromatic carbocycles. The molecule has 6 nitrogen and oxygen atoms in total. The van der Waals surface area contributed by atoms with Gasteiger partial charge in [0.25, 0.3) is 0 Å². The normalized spacial score (nSPS) is 20.1. The Morgan fingerprint density at radius 1 is 1.19 bits per heavy atom. The SMILES string of the molecule is O=C1CC(Cn2ccnc2-c2coc(-c3ccccc3)n2)CN1C1CC1. The molecule has 6 heteroatoms. The van der Waals surface area contributed by atoms with E-state index in [2.05, 4.69) is 19.4 Å². The molecule has 132 valence electrons. The Bertz CT molecular complexity index is 926. The summed E-state index contributed by atoms with van der Waals surface area (Å²) in [6.45, 7) is 1.63. The second-order valence-electron chi connectivity index (χ2n) is 7.15. The van der Waals surface area contributed by atoms with Crippen molar-refractivity contribution in [1.82, 2.24) is 19.4 Å². The van der Waals surface area contributed by atoms with Gasteiger partial charge in [-0.25, -0.2) is 9.97 Å². The average Bonchev–Trinajstić information content (AvgIpc) is 3.06. The summed E-state index contributed by atoms with van der Waals surface area (Å²) in [6.07, 6.45) is 8.34. The zero-order valence-corrected chi connectivity index (χ0v) is 14.4. The first kappa shape index (κ1) is 15.4. The van der Waals surface area contributed by atoms with Crippen LogP contribution in [-0.4, -0.2) is 37.9 Å². The highest BCUT2D eigenvalue weighted by atomic mass is 16.3. The number of hydrogen-bond acceptors (Lipinski definition) is 4. The third-order valence-electron chi connectivity index (χ3n) is 5.15. The molecule has 1 unspecified atom stereocenters. The Hall–Kier alpha value is -2.89. The van der Waals surface area contributed by atoms with Crippen LogP contribution in [0.15, 0.2) is 53.4 Å². The van der Waals surface area contributed by atoms with Crippen molar-refractivity contribution in [3.63, 3.8) is 0 Å². The van der Waals surface area contributed by atoms with Crippen molar-refractivity contribution in [3.8, 4) is 23.0 Å². The zero-order chi connectivity index (χ0) is 17.5. The number of aromatic nitrogens is 3. The Morgan fingerprint density at radius 2 is 2.04 bits per heavy atom. The van der Waals surface area contributed by atoms with E-state index in [1.165, 1.54) is 0 Å². The van der Waals surface area contributed by atoms with Gasteiger partial charge in [0.1, 0.15) is 12.0 Å². The summed E-state index contributed by atoms with van der Waals surface area (Å²) in [4.78, 5) is 23.3. The molecule has 0 N–H and O–H groups in total. The lowest BCUT2D eigenvalue weighted by molar-refractivity contribution is -0.128. The number of amides is 1.